The zero-order valence-electron chi connectivity index (χ0n) is 10.8. The number of hydrogen-bond donors (Lipinski definition) is 1. The highest BCUT2D eigenvalue weighted by Crippen LogP contribution is 2.33. The summed E-state index contributed by atoms with van der Waals surface area (Å²) in [6, 6.07) is 10.3. The molecule has 0 aliphatic heterocycles. The van der Waals surface area contributed by atoms with E-state index in [1.165, 1.54) is 0 Å². The molecule has 17 heavy (non-hydrogen) atoms. The van der Waals surface area contributed by atoms with E-state index in [4.69, 9.17) is 5.73 Å². The Morgan fingerprint density at radius 1 is 1.24 bits per heavy atom. The SMILES string of the molecule is CCC(N)(c1cccc2cccnc12)C(C)C. The van der Waals surface area contributed by atoms with E-state index in [9.17, 15) is 0 Å². The maximum Gasteiger partial charge on any atom is 0.0752 e. The Balaban J connectivity index is 2.70. The van der Waals surface area contributed by atoms with Crippen LogP contribution in [0, 0.1) is 5.92 Å². The topological polar surface area (TPSA) is 38.9 Å². The fourth-order valence-electron chi connectivity index (χ4n) is 2.39. The van der Waals surface area contributed by atoms with Crippen LogP contribution < -0.4 is 5.73 Å². The highest BCUT2D eigenvalue weighted by molar-refractivity contribution is 5.82. The van der Waals surface area contributed by atoms with Gasteiger partial charge < -0.3 is 5.73 Å². The van der Waals surface area contributed by atoms with Crippen LogP contribution in [0.1, 0.15) is 32.8 Å². The normalized spacial score (nSPS) is 15.1. The van der Waals surface area contributed by atoms with Gasteiger partial charge in [0, 0.05) is 17.1 Å². The summed E-state index contributed by atoms with van der Waals surface area (Å²) in [6.45, 7) is 6.48. The fourth-order valence-corrected chi connectivity index (χ4v) is 2.39. The zero-order chi connectivity index (χ0) is 12.5. The molecule has 2 rings (SSSR count). The van der Waals surface area contributed by atoms with Gasteiger partial charge in [-0.15, -0.1) is 0 Å². The van der Waals surface area contributed by atoms with Gasteiger partial charge in [-0.2, -0.15) is 0 Å². The second kappa shape index (κ2) is 4.46. The van der Waals surface area contributed by atoms with Crippen molar-refractivity contribution in [1.82, 2.24) is 4.98 Å². The molecule has 0 aliphatic carbocycles. The minimum absolute atomic E-state index is 0.298. The van der Waals surface area contributed by atoms with Crippen molar-refractivity contribution in [2.75, 3.05) is 0 Å². The molecule has 2 heteroatoms. The van der Waals surface area contributed by atoms with Crippen molar-refractivity contribution < 1.29 is 0 Å². The minimum Gasteiger partial charge on any atom is -0.321 e. The molecule has 1 heterocycles. The molecule has 1 aromatic carbocycles. The van der Waals surface area contributed by atoms with E-state index in [2.05, 4.69) is 50.0 Å². The van der Waals surface area contributed by atoms with Crippen molar-refractivity contribution in [3.05, 3.63) is 42.1 Å². The average Bonchev–Trinajstić information content (AvgIpc) is 2.37. The summed E-state index contributed by atoms with van der Waals surface area (Å²) in [6.07, 6.45) is 2.75. The van der Waals surface area contributed by atoms with Gasteiger partial charge in [-0.05, 0) is 24.0 Å². The van der Waals surface area contributed by atoms with Gasteiger partial charge in [0.25, 0.3) is 0 Å². The largest absolute Gasteiger partial charge is 0.321 e. The lowest BCUT2D eigenvalue weighted by Crippen LogP contribution is -2.41. The first kappa shape index (κ1) is 12.1. The van der Waals surface area contributed by atoms with Crippen molar-refractivity contribution in [2.45, 2.75) is 32.7 Å². The molecule has 1 atom stereocenters. The highest BCUT2D eigenvalue weighted by atomic mass is 14.8. The number of benzene rings is 1. The monoisotopic (exact) mass is 228 g/mol. The molecule has 0 radical (unpaired) electrons. The van der Waals surface area contributed by atoms with E-state index in [-0.39, 0.29) is 5.54 Å². The molecule has 2 nitrogen and oxygen atoms in total. The molecule has 1 unspecified atom stereocenters. The quantitative estimate of drug-likeness (QED) is 0.873. The molecule has 1 aromatic heterocycles. The first-order valence-corrected chi connectivity index (χ1v) is 6.22. The third-order valence-corrected chi connectivity index (χ3v) is 3.75. The van der Waals surface area contributed by atoms with E-state index >= 15 is 0 Å². The number of nitrogens with two attached hydrogens (primary N) is 1. The Hall–Kier alpha value is -1.41. The van der Waals surface area contributed by atoms with Gasteiger partial charge in [0.2, 0.25) is 0 Å². The standard InChI is InChI=1S/C15H20N2/c1-4-15(16,11(2)3)13-9-5-7-12-8-6-10-17-14(12)13/h5-11H,4,16H2,1-3H3. The van der Waals surface area contributed by atoms with Gasteiger partial charge >= 0.3 is 0 Å². The van der Waals surface area contributed by atoms with E-state index in [0.29, 0.717) is 5.92 Å². The van der Waals surface area contributed by atoms with Gasteiger partial charge in [-0.3, -0.25) is 4.98 Å². The Labute approximate surface area is 103 Å². The summed E-state index contributed by atoms with van der Waals surface area (Å²) in [5.74, 6) is 0.389. The lowest BCUT2D eigenvalue weighted by Gasteiger charge is -2.33. The number of hydrogen-bond acceptors (Lipinski definition) is 2. The summed E-state index contributed by atoms with van der Waals surface area (Å²) in [4.78, 5) is 4.50. The Morgan fingerprint density at radius 2 is 1.94 bits per heavy atom. The molecule has 2 aromatic rings. The van der Waals surface area contributed by atoms with Crippen LogP contribution in [0.4, 0.5) is 0 Å². The molecule has 0 fully saturated rings. The van der Waals surface area contributed by atoms with Crippen LogP contribution in [0.3, 0.4) is 0 Å². The molecular formula is C15H20N2. The van der Waals surface area contributed by atoms with Crippen LogP contribution in [0.15, 0.2) is 36.5 Å². The number of para-hydroxylation sites is 1. The second-order valence-corrected chi connectivity index (χ2v) is 4.93. The van der Waals surface area contributed by atoms with Gasteiger partial charge in [0.1, 0.15) is 0 Å². The van der Waals surface area contributed by atoms with Crippen LogP contribution in [-0.2, 0) is 5.54 Å². The van der Waals surface area contributed by atoms with Crippen LogP contribution in [0.5, 0.6) is 0 Å². The summed E-state index contributed by atoms with van der Waals surface area (Å²) < 4.78 is 0. The fraction of sp³-hybridized carbons (Fsp3) is 0.400. The summed E-state index contributed by atoms with van der Waals surface area (Å²) >= 11 is 0. The lowest BCUT2D eigenvalue weighted by molar-refractivity contribution is 0.308. The molecule has 0 saturated heterocycles. The summed E-state index contributed by atoms with van der Waals surface area (Å²) in [5.41, 5.74) is 8.49. The average molecular weight is 228 g/mol. The molecule has 0 amide bonds. The van der Waals surface area contributed by atoms with Gasteiger partial charge in [0.15, 0.2) is 0 Å². The zero-order valence-corrected chi connectivity index (χ0v) is 10.8. The number of rotatable bonds is 3. The molecule has 0 aliphatic rings. The van der Waals surface area contributed by atoms with Crippen molar-refractivity contribution in [3.63, 3.8) is 0 Å². The van der Waals surface area contributed by atoms with Crippen LogP contribution in [-0.4, -0.2) is 4.98 Å². The number of pyridine rings is 1. The number of nitrogens with zero attached hydrogens (tertiary/aromatic N) is 1. The van der Waals surface area contributed by atoms with Gasteiger partial charge in [-0.1, -0.05) is 45.0 Å². The van der Waals surface area contributed by atoms with Crippen molar-refractivity contribution in [1.29, 1.82) is 0 Å². The van der Waals surface area contributed by atoms with E-state index in [0.717, 1.165) is 22.9 Å². The summed E-state index contributed by atoms with van der Waals surface area (Å²) in [7, 11) is 0. The Morgan fingerprint density at radius 3 is 2.59 bits per heavy atom. The van der Waals surface area contributed by atoms with Gasteiger partial charge in [0.05, 0.1) is 5.52 Å². The first-order valence-electron chi connectivity index (χ1n) is 6.22. The van der Waals surface area contributed by atoms with Crippen molar-refractivity contribution in [3.8, 4) is 0 Å². The van der Waals surface area contributed by atoms with E-state index < -0.39 is 0 Å². The molecule has 2 N–H and O–H groups in total. The molecular weight excluding hydrogens is 208 g/mol. The Kier molecular flexibility index (Phi) is 3.16. The lowest BCUT2D eigenvalue weighted by atomic mass is 9.78. The van der Waals surface area contributed by atoms with Crippen LogP contribution in [0.2, 0.25) is 0 Å². The predicted molar refractivity (Wildman–Crippen MR) is 72.7 cm³/mol. The third kappa shape index (κ3) is 1.93. The van der Waals surface area contributed by atoms with Crippen LogP contribution >= 0.6 is 0 Å². The van der Waals surface area contributed by atoms with Gasteiger partial charge in [-0.25, -0.2) is 0 Å². The first-order chi connectivity index (χ1) is 8.09. The van der Waals surface area contributed by atoms with E-state index in [1.54, 1.807) is 0 Å². The molecule has 0 saturated carbocycles. The van der Waals surface area contributed by atoms with Crippen molar-refractivity contribution in [2.24, 2.45) is 11.7 Å². The Bertz CT molecular complexity index is 514. The third-order valence-electron chi connectivity index (χ3n) is 3.75. The predicted octanol–water partition coefficient (Wildman–Crippen LogP) is 3.45. The maximum absolute atomic E-state index is 6.59. The smallest absolute Gasteiger partial charge is 0.0752 e. The highest BCUT2D eigenvalue weighted by Gasteiger charge is 2.30. The van der Waals surface area contributed by atoms with Crippen LogP contribution in [0.25, 0.3) is 10.9 Å². The molecule has 0 bridgehead atoms. The minimum atomic E-state index is -0.298. The maximum atomic E-state index is 6.59. The summed E-state index contributed by atoms with van der Waals surface area (Å²) in [5, 5.41) is 1.16. The second-order valence-electron chi connectivity index (χ2n) is 4.93. The number of fused-ring (bicyclic) bond motifs is 1. The molecule has 0 spiro atoms. The van der Waals surface area contributed by atoms with Crippen molar-refractivity contribution >= 4 is 10.9 Å². The van der Waals surface area contributed by atoms with E-state index in [1.807, 2.05) is 12.3 Å². The molecule has 90 valence electrons. The number of aromatic nitrogens is 1.